The lowest BCUT2D eigenvalue weighted by Gasteiger charge is -2.65. The molecule has 0 radical (unpaired) electrons. The summed E-state index contributed by atoms with van der Waals surface area (Å²) in [5, 5.41) is 10.0. The Kier molecular flexibility index (Phi) is 7.65. The quantitative estimate of drug-likeness (QED) is 0.200. The highest BCUT2D eigenvalue weighted by molar-refractivity contribution is 5.92. The average Bonchev–Trinajstić information content (AvgIpc) is 3.69. The molecule has 0 amide bonds. The Hall–Kier alpha value is -3.02. The first-order valence-corrected chi connectivity index (χ1v) is 15.8. The van der Waals surface area contributed by atoms with Crippen molar-refractivity contribution in [1.29, 1.82) is 0 Å². The van der Waals surface area contributed by atoms with Gasteiger partial charge in [0.1, 0.15) is 12.2 Å². The zero-order valence-electron chi connectivity index (χ0n) is 27.2. The summed E-state index contributed by atoms with van der Waals surface area (Å²) >= 11 is 0. The molecule has 0 aromatic carbocycles. The van der Waals surface area contributed by atoms with Crippen molar-refractivity contribution < 1.29 is 52.7 Å². The highest BCUT2D eigenvalue weighted by Gasteiger charge is 2.78. The third-order valence-electron chi connectivity index (χ3n) is 12.2. The molecule has 11 heteroatoms. The van der Waals surface area contributed by atoms with E-state index in [9.17, 15) is 24.3 Å². The monoisotopic (exact) mass is 628 g/mol. The summed E-state index contributed by atoms with van der Waals surface area (Å²) < 4.78 is 36.1. The van der Waals surface area contributed by atoms with Crippen LogP contribution in [0.25, 0.3) is 0 Å². The number of allylic oxidation sites excluding steroid dienone is 2. The van der Waals surface area contributed by atoms with E-state index in [0.29, 0.717) is 24.2 Å². The smallest absolute Gasteiger partial charge is 0.337 e. The molecule has 0 spiro atoms. The van der Waals surface area contributed by atoms with Gasteiger partial charge in [-0.05, 0) is 44.8 Å². The van der Waals surface area contributed by atoms with Gasteiger partial charge in [0, 0.05) is 59.0 Å². The summed E-state index contributed by atoms with van der Waals surface area (Å²) in [5.41, 5.74) is 0.495. The van der Waals surface area contributed by atoms with Gasteiger partial charge in [-0.15, -0.1) is 0 Å². The summed E-state index contributed by atoms with van der Waals surface area (Å²) in [4.78, 5) is 51.7. The first kappa shape index (κ1) is 31.9. The molecule has 11 nitrogen and oxygen atoms in total. The van der Waals surface area contributed by atoms with Crippen LogP contribution < -0.4 is 0 Å². The van der Waals surface area contributed by atoms with E-state index in [0.717, 1.165) is 11.1 Å². The number of methoxy groups -OCH3 is 1. The molecule has 2 saturated heterocycles. The zero-order valence-corrected chi connectivity index (χ0v) is 27.2. The van der Waals surface area contributed by atoms with E-state index in [-0.39, 0.29) is 30.8 Å². The minimum absolute atomic E-state index is 0.0230. The average molecular weight is 629 g/mol. The van der Waals surface area contributed by atoms with Crippen molar-refractivity contribution >= 4 is 23.9 Å². The van der Waals surface area contributed by atoms with Crippen LogP contribution in [-0.2, 0) is 47.6 Å². The standard InChI is InChI=1S/C34H44O11/c1-9-15(2)30(38)44-23-13-22(42-17(4)35)32(5)14-41-27-28(32)33(23,6)21(12-24(36)40-8)34(7)26-16(3)18(10-20(26)43-29(27)34)19-11-25(37)45-31(19)39/h9,11,18,20-23,25,27-29,37H,10,12-14H2,1-8H3/b15-9+/t18-,20-,21-,22-,23+,25?,27-,28+,29-,32-,33+,34-/m1/s1. The molecule has 4 fully saturated rings. The molecule has 12 atom stereocenters. The van der Waals surface area contributed by atoms with E-state index in [2.05, 4.69) is 20.8 Å². The zero-order chi connectivity index (χ0) is 32.8. The Morgan fingerprint density at radius 1 is 1.11 bits per heavy atom. The van der Waals surface area contributed by atoms with Crippen molar-refractivity contribution in [3.63, 3.8) is 0 Å². The maximum absolute atomic E-state index is 13.4. The van der Waals surface area contributed by atoms with Crippen molar-refractivity contribution in [2.45, 2.75) is 105 Å². The topological polar surface area (TPSA) is 144 Å². The largest absolute Gasteiger partial charge is 0.469 e. The van der Waals surface area contributed by atoms with Crippen LogP contribution in [0.3, 0.4) is 0 Å². The molecular formula is C34H44O11. The molecule has 0 bridgehead atoms. The number of cyclic esters (lactones) is 1. The van der Waals surface area contributed by atoms with Crippen LogP contribution in [0, 0.1) is 34.0 Å². The molecule has 0 aromatic rings. The van der Waals surface area contributed by atoms with Gasteiger partial charge in [-0.1, -0.05) is 32.4 Å². The Labute approximate surface area is 263 Å². The normalized spacial score (nSPS) is 44.9. The molecule has 6 aliphatic rings. The van der Waals surface area contributed by atoms with E-state index in [1.165, 1.54) is 20.1 Å². The molecule has 45 heavy (non-hydrogen) atoms. The van der Waals surface area contributed by atoms with Gasteiger partial charge in [0.05, 0.1) is 32.0 Å². The van der Waals surface area contributed by atoms with E-state index < -0.39 is 76.7 Å². The molecule has 3 aliphatic carbocycles. The summed E-state index contributed by atoms with van der Waals surface area (Å²) in [7, 11) is 1.36. The van der Waals surface area contributed by atoms with E-state index in [4.69, 9.17) is 28.4 Å². The lowest BCUT2D eigenvalue weighted by Crippen LogP contribution is -2.71. The van der Waals surface area contributed by atoms with Crippen LogP contribution in [0.4, 0.5) is 0 Å². The Morgan fingerprint density at radius 2 is 1.82 bits per heavy atom. The SMILES string of the molecule is C/C=C(\C)C(=O)O[C@H]1C[C@@H](OC(C)=O)[C@@]2(C)CO[C@H]3[C@H]4O[C@@H]5C[C@@H](C6=CC(O)OC6=O)C(C)=C5[C@@]4(C)[C@H](CC(=O)OC)[C@]1(C)[C@@H]32. The van der Waals surface area contributed by atoms with E-state index >= 15 is 0 Å². The van der Waals surface area contributed by atoms with Crippen LogP contribution in [0.5, 0.6) is 0 Å². The van der Waals surface area contributed by atoms with Crippen LogP contribution in [0.1, 0.15) is 67.7 Å². The van der Waals surface area contributed by atoms with Crippen LogP contribution in [0.2, 0.25) is 0 Å². The van der Waals surface area contributed by atoms with Gasteiger partial charge in [0.15, 0.2) is 0 Å². The van der Waals surface area contributed by atoms with Gasteiger partial charge < -0.3 is 33.5 Å². The van der Waals surface area contributed by atoms with Crippen LogP contribution in [-0.4, -0.2) is 79.5 Å². The number of carbonyl (C=O) groups is 4. The predicted octanol–water partition coefficient (Wildman–Crippen LogP) is 3.33. The molecule has 3 heterocycles. The number of ether oxygens (including phenoxy) is 6. The molecule has 1 N–H and O–H groups in total. The third-order valence-corrected chi connectivity index (χ3v) is 12.2. The lowest BCUT2D eigenvalue weighted by molar-refractivity contribution is -0.251. The van der Waals surface area contributed by atoms with E-state index in [1.54, 1.807) is 19.9 Å². The Morgan fingerprint density at radius 3 is 2.42 bits per heavy atom. The van der Waals surface area contributed by atoms with Gasteiger partial charge in [-0.25, -0.2) is 9.59 Å². The number of carbonyl (C=O) groups excluding carboxylic acids is 4. The van der Waals surface area contributed by atoms with Gasteiger partial charge in [-0.2, -0.15) is 0 Å². The van der Waals surface area contributed by atoms with Crippen molar-refractivity contribution in [2.24, 2.45) is 34.0 Å². The highest BCUT2D eigenvalue weighted by Crippen LogP contribution is 2.74. The summed E-state index contributed by atoms with van der Waals surface area (Å²) in [6.45, 7) is 13.3. The minimum atomic E-state index is -1.29. The third kappa shape index (κ3) is 4.40. The summed E-state index contributed by atoms with van der Waals surface area (Å²) in [5.74, 6) is -2.95. The fraction of sp³-hybridized carbons (Fsp3) is 0.706. The molecule has 3 aliphatic heterocycles. The van der Waals surface area contributed by atoms with Crippen LogP contribution in [0.15, 0.2) is 34.4 Å². The molecule has 2 saturated carbocycles. The van der Waals surface area contributed by atoms with Gasteiger partial charge >= 0.3 is 23.9 Å². The second-order valence-electron chi connectivity index (χ2n) is 14.3. The van der Waals surface area contributed by atoms with Crippen molar-refractivity contribution in [1.82, 2.24) is 0 Å². The maximum Gasteiger partial charge on any atom is 0.337 e. The second kappa shape index (κ2) is 10.8. The Bertz CT molecular complexity index is 1430. The molecule has 1 unspecified atom stereocenters. The number of hydrogen-bond acceptors (Lipinski definition) is 11. The fourth-order valence-corrected chi connectivity index (χ4v) is 10.2. The minimum Gasteiger partial charge on any atom is -0.469 e. The van der Waals surface area contributed by atoms with Gasteiger partial charge in [0.25, 0.3) is 0 Å². The number of fused-ring (bicyclic) bond motifs is 4. The first-order valence-electron chi connectivity index (χ1n) is 15.8. The fourth-order valence-electron chi connectivity index (χ4n) is 10.2. The van der Waals surface area contributed by atoms with E-state index in [1.807, 2.05) is 6.92 Å². The van der Waals surface area contributed by atoms with Crippen molar-refractivity contribution in [3.8, 4) is 0 Å². The predicted molar refractivity (Wildman–Crippen MR) is 157 cm³/mol. The number of esters is 4. The van der Waals surface area contributed by atoms with Crippen molar-refractivity contribution in [3.05, 3.63) is 34.4 Å². The molecule has 6 rings (SSSR count). The van der Waals surface area contributed by atoms with Crippen molar-refractivity contribution in [2.75, 3.05) is 13.7 Å². The lowest BCUT2D eigenvalue weighted by atomic mass is 9.40. The number of aliphatic hydroxyl groups is 1. The van der Waals surface area contributed by atoms with Crippen LogP contribution >= 0.6 is 0 Å². The summed E-state index contributed by atoms with van der Waals surface area (Å²) in [6, 6.07) is 0. The molecule has 246 valence electrons. The first-order chi connectivity index (χ1) is 21.1. The highest BCUT2D eigenvalue weighted by atomic mass is 16.6. The summed E-state index contributed by atoms with van der Waals surface area (Å²) in [6.07, 6.45) is -0.0377. The second-order valence-corrected chi connectivity index (χ2v) is 14.3. The maximum atomic E-state index is 13.4. The molecule has 0 aromatic heterocycles. The number of rotatable bonds is 6. The number of aliphatic hydroxyl groups excluding tert-OH is 1. The molecular weight excluding hydrogens is 584 g/mol. The van der Waals surface area contributed by atoms with Gasteiger partial charge in [-0.3, -0.25) is 9.59 Å². The van der Waals surface area contributed by atoms with Gasteiger partial charge in [0.2, 0.25) is 6.29 Å². The number of hydrogen-bond donors (Lipinski definition) is 1. The Balaban J connectivity index is 1.54.